The summed E-state index contributed by atoms with van der Waals surface area (Å²) < 4.78 is 5.77. The Hall–Kier alpha value is -1.16. The molecule has 4 nitrogen and oxygen atoms in total. The maximum Gasteiger partial charge on any atom is 0.223 e. The summed E-state index contributed by atoms with van der Waals surface area (Å²) in [5.41, 5.74) is 1.01. The van der Waals surface area contributed by atoms with Gasteiger partial charge in [0.1, 0.15) is 0 Å². The van der Waals surface area contributed by atoms with E-state index >= 15 is 0 Å². The first-order valence-corrected chi connectivity index (χ1v) is 6.51. The van der Waals surface area contributed by atoms with Crippen molar-refractivity contribution in [3.8, 4) is 0 Å². The molecule has 3 atom stereocenters. The molecule has 2 aliphatic rings. The van der Waals surface area contributed by atoms with E-state index in [1.165, 1.54) is 25.7 Å². The van der Waals surface area contributed by atoms with Crippen LogP contribution in [0.25, 0.3) is 0 Å². The lowest BCUT2D eigenvalue weighted by Crippen LogP contribution is -2.38. The summed E-state index contributed by atoms with van der Waals surface area (Å²) >= 11 is 0. The number of aromatic nitrogens is 2. The van der Waals surface area contributed by atoms with Crippen LogP contribution >= 0.6 is 0 Å². The highest BCUT2D eigenvalue weighted by atomic mass is 16.5. The fourth-order valence-corrected chi connectivity index (χ4v) is 3.04. The van der Waals surface area contributed by atoms with E-state index in [4.69, 9.17) is 4.74 Å². The van der Waals surface area contributed by atoms with E-state index in [1.807, 2.05) is 19.2 Å². The number of aryl methyl sites for hydroxylation is 1. The third-order valence-electron chi connectivity index (χ3n) is 3.89. The van der Waals surface area contributed by atoms with Gasteiger partial charge in [0.05, 0.1) is 6.10 Å². The van der Waals surface area contributed by atoms with Crippen molar-refractivity contribution in [3.05, 3.63) is 18.0 Å². The van der Waals surface area contributed by atoms with Crippen LogP contribution in [0.4, 0.5) is 5.95 Å². The minimum absolute atomic E-state index is 0.464. The second kappa shape index (κ2) is 4.61. The van der Waals surface area contributed by atoms with Gasteiger partial charge in [-0.25, -0.2) is 9.97 Å². The normalized spacial score (nSPS) is 32.2. The number of nitrogens with zero attached hydrogens (tertiary/aromatic N) is 2. The summed E-state index contributed by atoms with van der Waals surface area (Å²) in [4.78, 5) is 8.70. The number of anilines is 1. The van der Waals surface area contributed by atoms with Gasteiger partial charge in [-0.3, -0.25) is 0 Å². The minimum Gasteiger partial charge on any atom is -0.378 e. The Morgan fingerprint density at radius 2 is 2.29 bits per heavy atom. The summed E-state index contributed by atoms with van der Waals surface area (Å²) in [7, 11) is 0. The lowest BCUT2D eigenvalue weighted by atomic mass is 9.82. The monoisotopic (exact) mass is 233 g/mol. The number of nitrogens with one attached hydrogen (secondary N) is 1. The van der Waals surface area contributed by atoms with Crippen LogP contribution in [0.15, 0.2) is 12.3 Å². The smallest absolute Gasteiger partial charge is 0.223 e. The predicted molar refractivity (Wildman–Crippen MR) is 65.9 cm³/mol. The van der Waals surface area contributed by atoms with E-state index in [0.717, 1.165) is 18.2 Å². The second-order valence-corrected chi connectivity index (χ2v) is 5.07. The molecule has 0 aromatic carbocycles. The molecule has 17 heavy (non-hydrogen) atoms. The number of ether oxygens (including phenoxy) is 1. The fraction of sp³-hybridized carbons (Fsp3) is 0.692. The van der Waals surface area contributed by atoms with Crippen LogP contribution in [0.1, 0.15) is 31.4 Å². The van der Waals surface area contributed by atoms with Gasteiger partial charge in [-0.1, -0.05) is 0 Å². The van der Waals surface area contributed by atoms with Crippen molar-refractivity contribution in [3.63, 3.8) is 0 Å². The number of hydrogen-bond acceptors (Lipinski definition) is 4. The molecular formula is C13H19N3O. The Bertz CT molecular complexity index is 396. The van der Waals surface area contributed by atoms with Crippen LogP contribution in [0.5, 0.6) is 0 Å². The zero-order valence-electron chi connectivity index (χ0n) is 10.2. The molecule has 2 fully saturated rings. The second-order valence-electron chi connectivity index (χ2n) is 5.07. The number of rotatable bonds is 2. The van der Waals surface area contributed by atoms with Gasteiger partial charge in [-0.2, -0.15) is 0 Å². The number of hydrogen-bond donors (Lipinski definition) is 1. The molecule has 0 amide bonds. The van der Waals surface area contributed by atoms with E-state index in [0.29, 0.717) is 18.1 Å². The van der Waals surface area contributed by atoms with Crippen LogP contribution in [0, 0.1) is 12.8 Å². The molecule has 1 aliphatic heterocycles. The zero-order chi connectivity index (χ0) is 11.7. The minimum atomic E-state index is 0.464. The van der Waals surface area contributed by atoms with Crippen LogP contribution in [0.3, 0.4) is 0 Å². The molecule has 1 aromatic heterocycles. The summed E-state index contributed by atoms with van der Waals surface area (Å²) in [5.74, 6) is 1.41. The van der Waals surface area contributed by atoms with Gasteiger partial charge < -0.3 is 10.1 Å². The van der Waals surface area contributed by atoms with Gasteiger partial charge in [-0.15, -0.1) is 0 Å². The summed E-state index contributed by atoms with van der Waals surface area (Å²) in [6, 6.07) is 2.41. The highest BCUT2D eigenvalue weighted by molar-refractivity contribution is 5.27. The van der Waals surface area contributed by atoms with Crippen molar-refractivity contribution < 1.29 is 4.74 Å². The van der Waals surface area contributed by atoms with Crippen molar-refractivity contribution in [1.29, 1.82) is 0 Å². The zero-order valence-corrected chi connectivity index (χ0v) is 10.2. The molecule has 0 spiro atoms. The Labute approximate surface area is 102 Å². The Morgan fingerprint density at radius 3 is 3.18 bits per heavy atom. The molecule has 1 saturated carbocycles. The molecule has 1 aliphatic carbocycles. The summed E-state index contributed by atoms with van der Waals surface area (Å²) in [5, 5.41) is 3.49. The van der Waals surface area contributed by atoms with Gasteiger partial charge in [0, 0.05) is 30.5 Å². The molecule has 0 unspecified atom stereocenters. The predicted octanol–water partition coefficient (Wildman–Crippen LogP) is 2.15. The van der Waals surface area contributed by atoms with Gasteiger partial charge in [0.15, 0.2) is 0 Å². The van der Waals surface area contributed by atoms with Crippen molar-refractivity contribution in [1.82, 2.24) is 9.97 Å². The van der Waals surface area contributed by atoms with Gasteiger partial charge in [0.2, 0.25) is 5.95 Å². The van der Waals surface area contributed by atoms with Gasteiger partial charge >= 0.3 is 0 Å². The standard InChI is InChI=1S/C13H19N3O/c1-9-5-7-14-13(15-9)16-11-3-2-4-12-10(11)6-8-17-12/h5,7,10-12H,2-4,6,8H2,1H3,(H,14,15,16)/t10-,11-,12+/m1/s1. The van der Waals surface area contributed by atoms with E-state index in [-0.39, 0.29) is 0 Å². The van der Waals surface area contributed by atoms with Gasteiger partial charge in [0.25, 0.3) is 0 Å². The van der Waals surface area contributed by atoms with Crippen molar-refractivity contribution in [2.45, 2.75) is 44.8 Å². The average molecular weight is 233 g/mol. The third kappa shape index (κ3) is 2.27. The van der Waals surface area contributed by atoms with Crippen LogP contribution < -0.4 is 5.32 Å². The Morgan fingerprint density at radius 1 is 1.35 bits per heavy atom. The van der Waals surface area contributed by atoms with Crippen molar-refractivity contribution >= 4 is 5.95 Å². The van der Waals surface area contributed by atoms with Crippen LogP contribution in [0.2, 0.25) is 0 Å². The van der Waals surface area contributed by atoms with Gasteiger partial charge in [-0.05, 0) is 38.7 Å². The molecule has 3 rings (SSSR count). The summed E-state index contributed by atoms with van der Waals surface area (Å²) in [6.45, 7) is 2.91. The molecule has 1 N–H and O–H groups in total. The van der Waals surface area contributed by atoms with Crippen molar-refractivity contribution in [2.24, 2.45) is 5.92 Å². The van der Waals surface area contributed by atoms with Crippen molar-refractivity contribution in [2.75, 3.05) is 11.9 Å². The highest BCUT2D eigenvalue weighted by Gasteiger charge is 2.37. The largest absolute Gasteiger partial charge is 0.378 e. The van der Waals surface area contributed by atoms with E-state index in [2.05, 4.69) is 15.3 Å². The first kappa shape index (κ1) is 11.0. The quantitative estimate of drug-likeness (QED) is 0.850. The summed E-state index contributed by atoms with van der Waals surface area (Å²) in [6.07, 6.45) is 7.12. The van der Waals surface area contributed by atoms with E-state index in [9.17, 15) is 0 Å². The first-order valence-electron chi connectivity index (χ1n) is 6.51. The Balaban J connectivity index is 1.71. The topological polar surface area (TPSA) is 47.0 Å². The van der Waals surface area contributed by atoms with E-state index in [1.54, 1.807) is 0 Å². The first-order chi connectivity index (χ1) is 8.33. The highest BCUT2D eigenvalue weighted by Crippen LogP contribution is 2.35. The van der Waals surface area contributed by atoms with Crippen LogP contribution in [-0.4, -0.2) is 28.7 Å². The maximum absolute atomic E-state index is 5.77. The molecule has 2 heterocycles. The lowest BCUT2D eigenvalue weighted by molar-refractivity contribution is 0.0619. The Kier molecular flexibility index (Phi) is 2.97. The number of fused-ring (bicyclic) bond motifs is 1. The molecular weight excluding hydrogens is 214 g/mol. The van der Waals surface area contributed by atoms with Crippen LogP contribution in [-0.2, 0) is 4.74 Å². The van der Waals surface area contributed by atoms with E-state index < -0.39 is 0 Å². The molecule has 0 bridgehead atoms. The molecule has 4 heteroatoms. The molecule has 1 aromatic rings. The maximum atomic E-state index is 5.77. The average Bonchev–Trinajstić information content (AvgIpc) is 2.78. The SMILES string of the molecule is Cc1ccnc(N[C@@H]2CCC[C@@H]3OCC[C@@H]32)n1. The molecule has 0 radical (unpaired) electrons. The fourth-order valence-electron chi connectivity index (χ4n) is 3.04. The third-order valence-corrected chi connectivity index (χ3v) is 3.89. The molecule has 1 saturated heterocycles. The molecule has 92 valence electrons. The lowest BCUT2D eigenvalue weighted by Gasteiger charge is -2.33.